The van der Waals surface area contributed by atoms with Crippen LogP contribution in [0.3, 0.4) is 0 Å². The Morgan fingerprint density at radius 2 is 2.06 bits per heavy atom. The van der Waals surface area contributed by atoms with Crippen molar-refractivity contribution in [3.63, 3.8) is 0 Å². The summed E-state index contributed by atoms with van der Waals surface area (Å²) in [5, 5.41) is 1.31. The molecule has 0 saturated carbocycles. The molecule has 0 aliphatic rings. The Labute approximate surface area is 97.2 Å². The minimum absolute atomic E-state index is 1.19. The van der Waals surface area contributed by atoms with Gasteiger partial charge in [0, 0.05) is 17.1 Å². The Kier molecular flexibility index (Phi) is 3.81. The Morgan fingerprint density at radius 1 is 1.19 bits per heavy atom. The first-order valence-electron chi connectivity index (χ1n) is 6.14. The van der Waals surface area contributed by atoms with E-state index in [4.69, 9.17) is 0 Å². The molecule has 0 amide bonds. The van der Waals surface area contributed by atoms with Crippen molar-refractivity contribution in [3.05, 3.63) is 42.1 Å². The van der Waals surface area contributed by atoms with E-state index in [1.807, 2.05) is 0 Å². The highest BCUT2D eigenvalue weighted by molar-refractivity contribution is 5.88. The van der Waals surface area contributed by atoms with Crippen molar-refractivity contribution in [3.8, 4) is 0 Å². The second-order valence-corrected chi connectivity index (χ2v) is 4.19. The van der Waals surface area contributed by atoms with Crippen molar-refractivity contribution in [1.82, 2.24) is 4.98 Å². The molecule has 0 bridgehead atoms. The number of allylic oxidation sites excluding steroid dienone is 1. The van der Waals surface area contributed by atoms with E-state index in [0.717, 1.165) is 0 Å². The first kappa shape index (κ1) is 11.0. The zero-order valence-corrected chi connectivity index (χ0v) is 9.87. The lowest BCUT2D eigenvalue weighted by Gasteiger charge is -1.92. The second kappa shape index (κ2) is 5.55. The number of unbranched alkanes of at least 4 members (excludes halogenated alkanes) is 3. The monoisotopic (exact) mass is 213 g/mol. The molecule has 0 radical (unpaired) electrons. The summed E-state index contributed by atoms with van der Waals surface area (Å²) in [6.07, 6.45) is 11.7. The number of hydrogen-bond donors (Lipinski definition) is 1. The Hall–Kier alpha value is -1.50. The maximum absolute atomic E-state index is 3.29. The highest BCUT2D eigenvalue weighted by Crippen LogP contribution is 2.19. The third-order valence-corrected chi connectivity index (χ3v) is 2.89. The maximum atomic E-state index is 3.29. The average Bonchev–Trinajstić information content (AvgIpc) is 2.73. The van der Waals surface area contributed by atoms with Crippen molar-refractivity contribution in [2.45, 2.75) is 32.6 Å². The second-order valence-electron chi connectivity index (χ2n) is 4.19. The normalized spacial score (nSPS) is 11.6. The van der Waals surface area contributed by atoms with Gasteiger partial charge in [0.05, 0.1) is 0 Å². The predicted octanol–water partition coefficient (Wildman–Crippen LogP) is 4.76. The summed E-state index contributed by atoms with van der Waals surface area (Å²) in [5.41, 5.74) is 2.52. The fraction of sp³-hybridized carbons (Fsp3) is 0.333. The molecule has 16 heavy (non-hydrogen) atoms. The van der Waals surface area contributed by atoms with Gasteiger partial charge < -0.3 is 4.98 Å². The van der Waals surface area contributed by atoms with Crippen LogP contribution >= 0.6 is 0 Å². The third kappa shape index (κ3) is 2.54. The van der Waals surface area contributed by atoms with Crippen LogP contribution in [0.1, 0.15) is 38.2 Å². The van der Waals surface area contributed by atoms with Crippen LogP contribution in [-0.4, -0.2) is 4.98 Å². The van der Waals surface area contributed by atoms with Gasteiger partial charge in [0.15, 0.2) is 0 Å². The van der Waals surface area contributed by atoms with Crippen LogP contribution < -0.4 is 0 Å². The van der Waals surface area contributed by atoms with Gasteiger partial charge in [-0.2, -0.15) is 0 Å². The molecule has 0 aliphatic carbocycles. The largest absolute Gasteiger partial charge is 0.361 e. The van der Waals surface area contributed by atoms with E-state index >= 15 is 0 Å². The lowest BCUT2D eigenvalue weighted by molar-refractivity contribution is 0.730. The topological polar surface area (TPSA) is 15.8 Å². The summed E-state index contributed by atoms with van der Waals surface area (Å²) >= 11 is 0. The van der Waals surface area contributed by atoms with Gasteiger partial charge in [-0.05, 0) is 24.5 Å². The first-order valence-corrected chi connectivity index (χ1v) is 6.14. The van der Waals surface area contributed by atoms with E-state index in [9.17, 15) is 0 Å². The molecular weight excluding hydrogens is 194 g/mol. The SMILES string of the molecule is CCCCCC=Cc1c[nH]c2ccccc12. The van der Waals surface area contributed by atoms with Crippen LogP contribution in [0.15, 0.2) is 36.5 Å². The van der Waals surface area contributed by atoms with E-state index in [1.165, 1.54) is 42.1 Å². The molecule has 1 aromatic heterocycles. The molecule has 0 saturated heterocycles. The summed E-state index contributed by atoms with van der Waals surface area (Å²) in [4.78, 5) is 3.29. The van der Waals surface area contributed by atoms with Crippen LogP contribution in [0.2, 0.25) is 0 Å². The molecule has 2 rings (SSSR count). The number of aromatic nitrogens is 1. The zero-order chi connectivity index (χ0) is 11.2. The van der Waals surface area contributed by atoms with E-state index in [0.29, 0.717) is 0 Å². The molecule has 0 unspecified atom stereocenters. The fourth-order valence-electron chi connectivity index (χ4n) is 1.95. The van der Waals surface area contributed by atoms with Gasteiger partial charge in [0.2, 0.25) is 0 Å². The van der Waals surface area contributed by atoms with E-state index in [1.54, 1.807) is 0 Å². The van der Waals surface area contributed by atoms with E-state index < -0.39 is 0 Å². The summed E-state index contributed by atoms with van der Waals surface area (Å²) in [5.74, 6) is 0. The Bertz CT molecular complexity index is 465. The number of hydrogen-bond acceptors (Lipinski definition) is 0. The molecule has 0 atom stereocenters. The molecule has 0 aliphatic heterocycles. The number of H-pyrrole nitrogens is 1. The average molecular weight is 213 g/mol. The van der Waals surface area contributed by atoms with Gasteiger partial charge in [-0.25, -0.2) is 0 Å². The number of nitrogens with one attached hydrogen (secondary N) is 1. The van der Waals surface area contributed by atoms with Gasteiger partial charge >= 0.3 is 0 Å². The summed E-state index contributed by atoms with van der Waals surface area (Å²) < 4.78 is 0. The lowest BCUT2D eigenvalue weighted by atomic mass is 10.1. The maximum Gasteiger partial charge on any atom is 0.0460 e. The Balaban J connectivity index is 2.04. The van der Waals surface area contributed by atoms with Crippen LogP contribution in [0.4, 0.5) is 0 Å². The molecule has 0 fully saturated rings. The molecule has 0 spiro atoms. The minimum Gasteiger partial charge on any atom is -0.361 e. The quantitative estimate of drug-likeness (QED) is 0.689. The van der Waals surface area contributed by atoms with Crippen molar-refractivity contribution in [1.29, 1.82) is 0 Å². The van der Waals surface area contributed by atoms with Crippen LogP contribution in [0.5, 0.6) is 0 Å². The highest BCUT2D eigenvalue weighted by atomic mass is 14.7. The summed E-state index contributed by atoms with van der Waals surface area (Å²) in [7, 11) is 0. The van der Waals surface area contributed by atoms with Gasteiger partial charge in [0.25, 0.3) is 0 Å². The number of fused-ring (bicyclic) bond motifs is 1. The minimum atomic E-state index is 1.19. The summed E-state index contributed by atoms with van der Waals surface area (Å²) in [6, 6.07) is 8.43. The third-order valence-electron chi connectivity index (χ3n) is 2.89. The summed E-state index contributed by atoms with van der Waals surface area (Å²) in [6.45, 7) is 2.24. The molecule has 1 nitrogen and oxygen atoms in total. The first-order chi connectivity index (χ1) is 7.92. The van der Waals surface area contributed by atoms with Gasteiger partial charge in [-0.15, -0.1) is 0 Å². The smallest absolute Gasteiger partial charge is 0.0460 e. The predicted molar refractivity (Wildman–Crippen MR) is 71.5 cm³/mol. The lowest BCUT2D eigenvalue weighted by Crippen LogP contribution is -1.71. The molecular formula is C15H19N. The fourth-order valence-corrected chi connectivity index (χ4v) is 1.95. The van der Waals surface area contributed by atoms with Crippen molar-refractivity contribution >= 4 is 17.0 Å². The highest BCUT2D eigenvalue weighted by Gasteiger charge is 1.97. The molecule has 1 N–H and O–H groups in total. The van der Waals surface area contributed by atoms with Crippen molar-refractivity contribution in [2.24, 2.45) is 0 Å². The molecule has 2 aromatic rings. The number of benzene rings is 1. The number of aromatic amines is 1. The van der Waals surface area contributed by atoms with E-state index in [-0.39, 0.29) is 0 Å². The number of para-hydroxylation sites is 1. The van der Waals surface area contributed by atoms with Gasteiger partial charge in [0.1, 0.15) is 0 Å². The Morgan fingerprint density at radius 3 is 2.94 bits per heavy atom. The van der Waals surface area contributed by atoms with Crippen LogP contribution in [0, 0.1) is 0 Å². The zero-order valence-electron chi connectivity index (χ0n) is 9.87. The molecule has 1 heterocycles. The number of rotatable bonds is 5. The van der Waals surface area contributed by atoms with Crippen LogP contribution in [-0.2, 0) is 0 Å². The molecule has 84 valence electrons. The molecule has 1 aromatic carbocycles. The van der Waals surface area contributed by atoms with Crippen molar-refractivity contribution in [2.75, 3.05) is 0 Å². The van der Waals surface area contributed by atoms with Crippen LogP contribution in [0.25, 0.3) is 17.0 Å². The molecule has 1 heteroatoms. The van der Waals surface area contributed by atoms with Gasteiger partial charge in [-0.1, -0.05) is 50.1 Å². The van der Waals surface area contributed by atoms with E-state index in [2.05, 4.69) is 54.5 Å². The van der Waals surface area contributed by atoms with Crippen molar-refractivity contribution < 1.29 is 0 Å². The standard InChI is InChI=1S/C15H19N/c1-2-3-4-5-6-9-13-12-16-15-11-8-7-10-14(13)15/h6-12,16H,2-5H2,1H3. The van der Waals surface area contributed by atoms with Gasteiger partial charge in [-0.3, -0.25) is 0 Å².